The highest BCUT2D eigenvalue weighted by atomic mass is 14.9. The Morgan fingerprint density at radius 1 is 1.06 bits per heavy atom. The van der Waals surface area contributed by atoms with Crippen molar-refractivity contribution in [3.8, 4) is 0 Å². The Labute approximate surface area is 102 Å². The Hall–Kier alpha value is -0.0400. The third-order valence-corrected chi connectivity index (χ3v) is 3.74. The first-order valence-corrected chi connectivity index (χ1v) is 7.13. The maximum absolute atomic E-state index is 3.69. The zero-order valence-electron chi connectivity index (χ0n) is 12.0. The van der Waals surface area contributed by atoms with Gasteiger partial charge < -0.3 is 5.32 Å². The van der Waals surface area contributed by atoms with E-state index in [0.717, 1.165) is 17.8 Å². The second kappa shape index (κ2) is 6.05. The lowest BCUT2D eigenvalue weighted by atomic mass is 9.75. The molecule has 0 saturated heterocycles. The number of hydrogen-bond donors (Lipinski definition) is 1. The lowest BCUT2D eigenvalue weighted by Gasteiger charge is -2.35. The molecule has 16 heavy (non-hydrogen) atoms. The van der Waals surface area contributed by atoms with Crippen LogP contribution in [-0.4, -0.2) is 12.1 Å². The van der Waals surface area contributed by atoms with Crippen LogP contribution in [0.2, 0.25) is 0 Å². The molecule has 0 spiro atoms. The van der Waals surface area contributed by atoms with Gasteiger partial charge in [-0.2, -0.15) is 0 Å². The molecule has 0 aromatic carbocycles. The van der Waals surface area contributed by atoms with Crippen molar-refractivity contribution < 1.29 is 0 Å². The lowest BCUT2D eigenvalue weighted by molar-refractivity contribution is 0.188. The quantitative estimate of drug-likeness (QED) is 0.755. The van der Waals surface area contributed by atoms with Crippen molar-refractivity contribution in [3.63, 3.8) is 0 Å². The van der Waals surface area contributed by atoms with Gasteiger partial charge in [0.15, 0.2) is 0 Å². The number of hydrogen-bond acceptors (Lipinski definition) is 1. The van der Waals surface area contributed by atoms with Crippen molar-refractivity contribution in [2.45, 2.75) is 72.3 Å². The standard InChI is InChI=1S/C15H31N/c1-12(2)10-13-8-6-7-9-14(13)11-16-15(3,4)5/h12-14,16H,6-11H2,1-5H3. The molecule has 0 aromatic heterocycles. The minimum Gasteiger partial charge on any atom is -0.312 e. The molecular weight excluding hydrogens is 194 g/mol. The Balaban J connectivity index is 2.41. The molecule has 96 valence electrons. The second-order valence-electron chi connectivity index (χ2n) is 7.07. The van der Waals surface area contributed by atoms with E-state index in [2.05, 4.69) is 39.9 Å². The molecule has 1 fully saturated rings. The van der Waals surface area contributed by atoms with Crippen LogP contribution in [0.3, 0.4) is 0 Å². The van der Waals surface area contributed by atoms with E-state index in [4.69, 9.17) is 0 Å². The van der Waals surface area contributed by atoms with Gasteiger partial charge in [-0.15, -0.1) is 0 Å². The highest BCUT2D eigenvalue weighted by molar-refractivity contribution is 4.81. The number of nitrogens with one attached hydrogen (secondary N) is 1. The topological polar surface area (TPSA) is 12.0 Å². The van der Waals surface area contributed by atoms with Gasteiger partial charge in [0.2, 0.25) is 0 Å². The van der Waals surface area contributed by atoms with E-state index < -0.39 is 0 Å². The van der Waals surface area contributed by atoms with Crippen LogP contribution < -0.4 is 5.32 Å². The summed E-state index contributed by atoms with van der Waals surface area (Å²) in [5, 5.41) is 3.69. The van der Waals surface area contributed by atoms with Crippen LogP contribution in [0.5, 0.6) is 0 Å². The molecule has 1 nitrogen and oxygen atoms in total. The molecule has 0 amide bonds. The normalized spacial score (nSPS) is 27.4. The predicted molar refractivity (Wildman–Crippen MR) is 72.7 cm³/mol. The summed E-state index contributed by atoms with van der Waals surface area (Å²) < 4.78 is 0. The molecule has 2 unspecified atom stereocenters. The summed E-state index contributed by atoms with van der Waals surface area (Å²) in [5.41, 5.74) is 0.278. The Morgan fingerprint density at radius 2 is 1.62 bits per heavy atom. The van der Waals surface area contributed by atoms with E-state index in [1.54, 1.807) is 0 Å². The molecular formula is C15H31N. The highest BCUT2D eigenvalue weighted by Gasteiger charge is 2.26. The van der Waals surface area contributed by atoms with Gasteiger partial charge in [0.25, 0.3) is 0 Å². The minimum absolute atomic E-state index is 0.278. The van der Waals surface area contributed by atoms with Crippen molar-refractivity contribution in [1.82, 2.24) is 5.32 Å². The second-order valence-corrected chi connectivity index (χ2v) is 7.07. The van der Waals surface area contributed by atoms with Crippen LogP contribution >= 0.6 is 0 Å². The van der Waals surface area contributed by atoms with Crippen LogP contribution in [0, 0.1) is 17.8 Å². The van der Waals surface area contributed by atoms with Crippen molar-refractivity contribution in [2.75, 3.05) is 6.54 Å². The molecule has 0 aromatic rings. The summed E-state index contributed by atoms with van der Waals surface area (Å²) in [6, 6.07) is 0. The Morgan fingerprint density at radius 3 is 2.12 bits per heavy atom. The SMILES string of the molecule is CC(C)CC1CCCCC1CNC(C)(C)C. The zero-order chi connectivity index (χ0) is 12.2. The molecule has 2 atom stereocenters. The van der Waals surface area contributed by atoms with Gasteiger partial charge in [0, 0.05) is 5.54 Å². The first-order valence-electron chi connectivity index (χ1n) is 7.13. The fraction of sp³-hybridized carbons (Fsp3) is 1.00. The van der Waals surface area contributed by atoms with Gasteiger partial charge in [0.05, 0.1) is 0 Å². The van der Waals surface area contributed by atoms with Crippen molar-refractivity contribution >= 4 is 0 Å². The van der Waals surface area contributed by atoms with Gasteiger partial charge in [-0.25, -0.2) is 0 Å². The Bertz CT molecular complexity index is 190. The third-order valence-electron chi connectivity index (χ3n) is 3.74. The van der Waals surface area contributed by atoms with E-state index in [9.17, 15) is 0 Å². The molecule has 1 rings (SSSR count). The van der Waals surface area contributed by atoms with Crippen molar-refractivity contribution in [2.24, 2.45) is 17.8 Å². The average Bonchev–Trinajstić information content (AvgIpc) is 2.14. The van der Waals surface area contributed by atoms with Crippen LogP contribution in [0.1, 0.15) is 66.7 Å². The summed E-state index contributed by atoms with van der Waals surface area (Å²) in [5.74, 6) is 2.76. The van der Waals surface area contributed by atoms with Gasteiger partial charge >= 0.3 is 0 Å². The molecule has 1 heteroatoms. The van der Waals surface area contributed by atoms with Crippen LogP contribution in [-0.2, 0) is 0 Å². The van der Waals surface area contributed by atoms with Gasteiger partial charge in [0.1, 0.15) is 0 Å². The van der Waals surface area contributed by atoms with Crippen molar-refractivity contribution in [3.05, 3.63) is 0 Å². The summed E-state index contributed by atoms with van der Waals surface area (Å²) >= 11 is 0. The largest absolute Gasteiger partial charge is 0.312 e. The van der Waals surface area contributed by atoms with E-state index in [-0.39, 0.29) is 5.54 Å². The van der Waals surface area contributed by atoms with Crippen LogP contribution in [0.15, 0.2) is 0 Å². The molecule has 0 radical (unpaired) electrons. The smallest absolute Gasteiger partial charge is 0.00966 e. The van der Waals surface area contributed by atoms with Gasteiger partial charge in [-0.05, 0) is 57.9 Å². The molecule has 1 aliphatic carbocycles. The Kier molecular flexibility index (Phi) is 5.30. The molecule has 1 N–H and O–H groups in total. The minimum atomic E-state index is 0.278. The maximum Gasteiger partial charge on any atom is 0.00966 e. The molecule has 0 aliphatic heterocycles. The highest BCUT2D eigenvalue weighted by Crippen LogP contribution is 2.34. The summed E-state index contributed by atoms with van der Waals surface area (Å²) in [6.07, 6.45) is 7.25. The van der Waals surface area contributed by atoms with Crippen LogP contribution in [0.25, 0.3) is 0 Å². The first kappa shape index (κ1) is 14.0. The van der Waals surface area contributed by atoms with Crippen LogP contribution in [0.4, 0.5) is 0 Å². The van der Waals surface area contributed by atoms with Crippen molar-refractivity contribution in [1.29, 1.82) is 0 Å². The lowest BCUT2D eigenvalue weighted by Crippen LogP contribution is -2.41. The maximum atomic E-state index is 3.69. The molecule has 1 saturated carbocycles. The van der Waals surface area contributed by atoms with Gasteiger partial charge in [-0.3, -0.25) is 0 Å². The zero-order valence-corrected chi connectivity index (χ0v) is 12.0. The fourth-order valence-electron chi connectivity index (χ4n) is 2.91. The van der Waals surface area contributed by atoms with E-state index >= 15 is 0 Å². The van der Waals surface area contributed by atoms with E-state index in [1.165, 1.54) is 38.6 Å². The summed E-state index contributed by atoms with van der Waals surface area (Å²) in [6.45, 7) is 12.8. The number of rotatable bonds is 4. The van der Waals surface area contributed by atoms with Gasteiger partial charge in [-0.1, -0.05) is 33.1 Å². The molecule has 0 bridgehead atoms. The fourth-order valence-corrected chi connectivity index (χ4v) is 2.91. The summed E-state index contributed by atoms with van der Waals surface area (Å²) in [4.78, 5) is 0. The average molecular weight is 225 g/mol. The first-order chi connectivity index (χ1) is 7.38. The molecule has 1 aliphatic rings. The van der Waals surface area contributed by atoms with E-state index in [1.807, 2.05) is 0 Å². The predicted octanol–water partition coefficient (Wildman–Crippen LogP) is 4.23. The summed E-state index contributed by atoms with van der Waals surface area (Å²) in [7, 11) is 0. The molecule has 0 heterocycles. The van der Waals surface area contributed by atoms with E-state index in [0.29, 0.717) is 0 Å². The third kappa shape index (κ3) is 5.34. The monoisotopic (exact) mass is 225 g/mol.